The average Bonchev–Trinajstić information content (AvgIpc) is 3.12. The van der Waals surface area contributed by atoms with Crippen LogP contribution >= 0.6 is 0 Å². The second-order valence-corrected chi connectivity index (χ2v) is 8.15. The minimum atomic E-state index is 0.0718. The molecule has 0 N–H and O–H groups in total. The number of rotatable bonds is 4. The molecule has 5 heteroatoms. The zero-order valence-corrected chi connectivity index (χ0v) is 17.1. The maximum Gasteiger partial charge on any atom is 0.215 e. The molecule has 0 bridgehead atoms. The summed E-state index contributed by atoms with van der Waals surface area (Å²) in [4.78, 5) is 15.6. The Morgan fingerprint density at radius 2 is 1.86 bits per heavy atom. The average molecular weight is 386 g/mol. The minimum absolute atomic E-state index is 0.0718. The first kappa shape index (κ1) is 18.1. The fraction of sp³-hybridized carbons (Fsp3) is 0.333. The van der Waals surface area contributed by atoms with Gasteiger partial charge in [-0.2, -0.15) is 5.10 Å². The maximum atomic E-state index is 13.0. The molecular formula is C24H26N4O. The molecule has 3 heterocycles. The van der Waals surface area contributed by atoms with E-state index in [2.05, 4.69) is 51.0 Å². The van der Waals surface area contributed by atoms with Crippen LogP contribution in [0.15, 0.2) is 53.5 Å². The highest BCUT2D eigenvalue weighted by atomic mass is 16.1. The van der Waals surface area contributed by atoms with E-state index in [0.717, 1.165) is 61.0 Å². The normalized spacial score (nSPS) is 14.6. The summed E-state index contributed by atoms with van der Waals surface area (Å²) in [5, 5.41) is 5.16. The minimum Gasteiger partial charge on any atom is -0.338 e. The van der Waals surface area contributed by atoms with E-state index in [4.69, 9.17) is 0 Å². The van der Waals surface area contributed by atoms with E-state index in [1.54, 1.807) is 4.68 Å². The zero-order valence-electron chi connectivity index (χ0n) is 17.1. The largest absolute Gasteiger partial charge is 0.338 e. The maximum absolute atomic E-state index is 13.0. The molecule has 5 nitrogen and oxygen atoms in total. The third kappa shape index (κ3) is 3.15. The van der Waals surface area contributed by atoms with Crippen molar-refractivity contribution in [1.82, 2.24) is 19.2 Å². The number of benzene rings is 2. The van der Waals surface area contributed by atoms with Crippen molar-refractivity contribution in [1.29, 1.82) is 0 Å². The molecule has 0 amide bonds. The smallest absolute Gasteiger partial charge is 0.215 e. The van der Waals surface area contributed by atoms with Gasteiger partial charge in [0.2, 0.25) is 5.43 Å². The van der Waals surface area contributed by atoms with E-state index in [9.17, 15) is 4.79 Å². The van der Waals surface area contributed by atoms with Gasteiger partial charge >= 0.3 is 0 Å². The van der Waals surface area contributed by atoms with Gasteiger partial charge in [0, 0.05) is 38.6 Å². The highest BCUT2D eigenvalue weighted by Gasteiger charge is 2.17. The molecule has 5 rings (SSSR count). The van der Waals surface area contributed by atoms with E-state index >= 15 is 0 Å². The van der Waals surface area contributed by atoms with Gasteiger partial charge < -0.3 is 4.57 Å². The van der Waals surface area contributed by atoms with Crippen LogP contribution in [-0.4, -0.2) is 32.3 Å². The number of pyridine rings is 1. The molecule has 0 saturated carbocycles. The molecular weight excluding hydrogens is 360 g/mol. The second kappa shape index (κ2) is 7.16. The summed E-state index contributed by atoms with van der Waals surface area (Å²) in [5.41, 5.74) is 6.75. The zero-order chi connectivity index (χ0) is 20.0. The second-order valence-electron chi connectivity index (χ2n) is 8.15. The quantitative estimate of drug-likeness (QED) is 0.538. The summed E-state index contributed by atoms with van der Waals surface area (Å²) in [6, 6.07) is 14.9. The monoisotopic (exact) mass is 386 g/mol. The van der Waals surface area contributed by atoms with Gasteiger partial charge in [0.15, 0.2) is 0 Å². The fourth-order valence-electron chi connectivity index (χ4n) is 4.65. The standard InChI is InChI=1S/C24H26N4O/c1-17-8-9-21-20(14-17)24(29)23-22(15-25-26(23)2)28(21)12-5-11-27-13-10-18-6-3-4-7-19(18)16-27/h3-4,6-9,14-15H,5,10-13,16H2,1-2H3. The SMILES string of the molecule is Cc1ccc2c(c1)c(=O)c1c(cnn1C)n2CCCN1CCc2ccccc2C1. The molecule has 1 aliphatic heterocycles. The Morgan fingerprint density at radius 3 is 2.72 bits per heavy atom. The predicted molar refractivity (Wildman–Crippen MR) is 117 cm³/mol. The van der Waals surface area contributed by atoms with Gasteiger partial charge in [-0.05, 0) is 43.0 Å². The third-order valence-corrected chi connectivity index (χ3v) is 6.18. The van der Waals surface area contributed by atoms with Crippen LogP contribution in [0.1, 0.15) is 23.1 Å². The van der Waals surface area contributed by atoms with Gasteiger partial charge in [0.05, 0.1) is 17.2 Å². The van der Waals surface area contributed by atoms with Crippen molar-refractivity contribution in [2.45, 2.75) is 32.9 Å². The lowest BCUT2D eigenvalue weighted by molar-refractivity contribution is 0.247. The summed E-state index contributed by atoms with van der Waals surface area (Å²) in [7, 11) is 1.85. The first-order chi connectivity index (χ1) is 14.1. The Balaban J connectivity index is 1.43. The molecule has 4 aromatic rings. The topological polar surface area (TPSA) is 43.1 Å². The van der Waals surface area contributed by atoms with E-state index in [-0.39, 0.29) is 5.43 Å². The summed E-state index contributed by atoms with van der Waals surface area (Å²) >= 11 is 0. The number of fused-ring (bicyclic) bond motifs is 3. The number of hydrogen-bond acceptors (Lipinski definition) is 3. The first-order valence-electron chi connectivity index (χ1n) is 10.4. The van der Waals surface area contributed by atoms with Crippen LogP contribution in [0.5, 0.6) is 0 Å². The molecule has 0 spiro atoms. The van der Waals surface area contributed by atoms with Crippen LogP contribution in [0.2, 0.25) is 0 Å². The lowest BCUT2D eigenvalue weighted by Crippen LogP contribution is -2.31. The Hall–Kier alpha value is -2.92. The lowest BCUT2D eigenvalue weighted by Gasteiger charge is -2.28. The van der Waals surface area contributed by atoms with Crippen molar-refractivity contribution in [3.05, 3.63) is 75.6 Å². The fourth-order valence-corrected chi connectivity index (χ4v) is 4.65. The molecule has 1 aliphatic rings. The number of aryl methyl sites for hydroxylation is 3. The number of aromatic nitrogens is 3. The van der Waals surface area contributed by atoms with Crippen LogP contribution in [0.4, 0.5) is 0 Å². The van der Waals surface area contributed by atoms with Gasteiger partial charge in [-0.25, -0.2) is 0 Å². The van der Waals surface area contributed by atoms with Gasteiger partial charge in [-0.15, -0.1) is 0 Å². The van der Waals surface area contributed by atoms with Crippen molar-refractivity contribution < 1.29 is 0 Å². The summed E-state index contributed by atoms with van der Waals surface area (Å²) in [5.74, 6) is 0. The Kier molecular flexibility index (Phi) is 4.47. The van der Waals surface area contributed by atoms with Gasteiger partial charge in [-0.1, -0.05) is 35.9 Å². The lowest BCUT2D eigenvalue weighted by atomic mass is 10.00. The van der Waals surface area contributed by atoms with E-state index in [1.807, 2.05) is 26.2 Å². The highest BCUT2D eigenvalue weighted by Crippen LogP contribution is 2.22. The molecule has 0 atom stereocenters. The molecule has 0 fully saturated rings. The third-order valence-electron chi connectivity index (χ3n) is 6.18. The molecule has 0 radical (unpaired) electrons. The molecule has 0 unspecified atom stereocenters. The van der Waals surface area contributed by atoms with Crippen molar-refractivity contribution in [3.63, 3.8) is 0 Å². The molecule has 0 aliphatic carbocycles. The van der Waals surface area contributed by atoms with E-state index in [1.165, 1.54) is 11.1 Å². The summed E-state index contributed by atoms with van der Waals surface area (Å²) in [6.45, 7) is 6.10. The van der Waals surface area contributed by atoms with Crippen molar-refractivity contribution in [2.24, 2.45) is 7.05 Å². The Morgan fingerprint density at radius 1 is 1.03 bits per heavy atom. The molecule has 148 valence electrons. The Bertz CT molecular complexity index is 1270. The van der Waals surface area contributed by atoms with Gasteiger partial charge in [-0.3, -0.25) is 14.4 Å². The van der Waals surface area contributed by atoms with Crippen LogP contribution in [0.3, 0.4) is 0 Å². The molecule has 29 heavy (non-hydrogen) atoms. The number of hydrogen-bond donors (Lipinski definition) is 0. The van der Waals surface area contributed by atoms with Crippen molar-refractivity contribution in [2.75, 3.05) is 13.1 Å². The van der Waals surface area contributed by atoms with Crippen LogP contribution in [0, 0.1) is 6.92 Å². The van der Waals surface area contributed by atoms with Gasteiger partial charge in [0.25, 0.3) is 0 Å². The van der Waals surface area contributed by atoms with E-state index < -0.39 is 0 Å². The van der Waals surface area contributed by atoms with Crippen LogP contribution in [-0.2, 0) is 26.6 Å². The van der Waals surface area contributed by atoms with Crippen molar-refractivity contribution >= 4 is 21.9 Å². The van der Waals surface area contributed by atoms with E-state index in [0.29, 0.717) is 5.52 Å². The molecule has 0 saturated heterocycles. The summed E-state index contributed by atoms with van der Waals surface area (Å²) in [6.07, 6.45) is 3.99. The highest BCUT2D eigenvalue weighted by molar-refractivity contribution is 5.92. The van der Waals surface area contributed by atoms with Crippen molar-refractivity contribution in [3.8, 4) is 0 Å². The summed E-state index contributed by atoms with van der Waals surface area (Å²) < 4.78 is 3.98. The molecule has 2 aromatic carbocycles. The molecule has 2 aromatic heterocycles. The van der Waals surface area contributed by atoms with Crippen LogP contribution < -0.4 is 5.43 Å². The first-order valence-corrected chi connectivity index (χ1v) is 10.4. The Labute approximate surface area is 170 Å². The van der Waals surface area contributed by atoms with Gasteiger partial charge in [0.1, 0.15) is 5.52 Å². The predicted octanol–water partition coefficient (Wildman–Crippen LogP) is 3.65. The van der Waals surface area contributed by atoms with Crippen LogP contribution in [0.25, 0.3) is 21.9 Å². The number of nitrogens with zero attached hydrogens (tertiary/aromatic N) is 4.